The van der Waals surface area contributed by atoms with E-state index >= 15 is 0 Å². The first-order valence-electron chi connectivity index (χ1n) is 8.49. The van der Waals surface area contributed by atoms with E-state index in [0.717, 1.165) is 21.9 Å². The summed E-state index contributed by atoms with van der Waals surface area (Å²) in [4.78, 5) is 11.1. The first kappa shape index (κ1) is 19.5. The largest absolute Gasteiger partial charge is 0.488 e. The van der Waals surface area contributed by atoms with E-state index in [-0.39, 0.29) is 6.61 Å². The minimum Gasteiger partial charge on any atom is -0.488 e. The number of hydrogen-bond acceptors (Lipinski definition) is 3. The van der Waals surface area contributed by atoms with Crippen LogP contribution in [0.15, 0.2) is 54.6 Å². The van der Waals surface area contributed by atoms with Crippen LogP contribution in [0.5, 0.6) is 5.75 Å². The summed E-state index contributed by atoms with van der Waals surface area (Å²) in [6.45, 7) is 2.27. The van der Waals surface area contributed by atoms with Crippen LogP contribution in [0.2, 0.25) is 10.0 Å². The van der Waals surface area contributed by atoms with E-state index < -0.39 is 12.0 Å². The van der Waals surface area contributed by atoms with Crippen LogP contribution in [-0.2, 0) is 17.9 Å². The lowest BCUT2D eigenvalue weighted by Crippen LogP contribution is -2.33. The molecule has 6 heteroatoms. The Balaban J connectivity index is 1.89. The molecule has 1 unspecified atom stereocenters. The summed E-state index contributed by atoms with van der Waals surface area (Å²) < 4.78 is 6.03. The molecule has 27 heavy (non-hydrogen) atoms. The van der Waals surface area contributed by atoms with Gasteiger partial charge in [-0.15, -0.1) is 0 Å². The van der Waals surface area contributed by atoms with Crippen LogP contribution in [0, 0.1) is 0 Å². The Morgan fingerprint density at radius 1 is 1.15 bits per heavy atom. The van der Waals surface area contributed by atoms with Gasteiger partial charge in [0, 0.05) is 27.7 Å². The SMILES string of the molecule is CC(NCc1c(OCc2ccc(Cl)cc2Cl)ccc2ccccc12)C(=O)O. The molecule has 0 amide bonds. The van der Waals surface area contributed by atoms with E-state index in [1.807, 2.05) is 42.5 Å². The molecule has 0 bridgehead atoms. The van der Waals surface area contributed by atoms with Gasteiger partial charge in [-0.2, -0.15) is 0 Å². The van der Waals surface area contributed by atoms with Crippen molar-refractivity contribution in [3.63, 3.8) is 0 Å². The fourth-order valence-corrected chi connectivity index (χ4v) is 3.23. The van der Waals surface area contributed by atoms with Gasteiger partial charge in [0.15, 0.2) is 0 Å². The molecule has 2 N–H and O–H groups in total. The molecule has 3 aromatic rings. The lowest BCUT2D eigenvalue weighted by atomic mass is 10.0. The number of aliphatic carboxylic acids is 1. The number of halogens is 2. The highest BCUT2D eigenvalue weighted by atomic mass is 35.5. The Hall–Kier alpha value is -2.27. The number of nitrogens with one attached hydrogen (secondary N) is 1. The summed E-state index contributed by atoms with van der Waals surface area (Å²) in [6.07, 6.45) is 0. The lowest BCUT2D eigenvalue weighted by Gasteiger charge is -2.17. The molecule has 0 saturated heterocycles. The summed E-state index contributed by atoms with van der Waals surface area (Å²) in [5, 5.41) is 15.3. The molecule has 0 spiro atoms. The number of fused-ring (bicyclic) bond motifs is 1. The standard InChI is InChI=1S/C21H19Cl2NO3/c1-13(21(25)26)24-11-18-17-5-3-2-4-14(17)7-9-20(18)27-12-15-6-8-16(22)10-19(15)23/h2-10,13,24H,11-12H2,1H3,(H,25,26). The van der Waals surface area contributed by atoms with Crippen LogP contribution in [0.1, 0.15) is 18.1 Å². The Morgan fingerprint density at radius 3 is 2.67 bits per heavy atom. The molecule has 4 nitrogen and oxygen atoms in total. The van der Waals surface area contributed by atoms with Crippen LogP contribution in [0.4, 0.5) is 0 Å². The minimum absolute atomic E-state index is 0.288. The van der Waals surface area contributed by atoms with Gasteiger partial charge in [0.1, 0.15) is 18.4 Å². The van der Waals surface area contributed by atoms with Crippen LogP contribution in [0.3, 0.4) is 0 Å². The van der Waals surface area contributed by atoms with Crippen molar-refractivity contribution < 1.29 is 14.6 Å². The quantitative estimate of drug-likeness (QED) is 0.562. The molecular weight excluding hydrogens is 385 g/mol. The van der Waals surface area contributed by atoms with Crippen molar-refractivity contribution in [3.05, 3.63) is 75.8 Å². The third-order valence-corrected chi connectivity index (χ3v) is 4.94. The van der Waals surface area contributed by atoms with E-state index in [1.165, 1.54) is 0 Å². The average molecular weight is 404 g/mol. The van der Waals surface area contributed by atoms with Crippen molar-refractivity contribution >= 4 is 39.9 Å². The Kier molecular flexibility index (Phi) is 6.22. The van der Waals surface area contributed by atoms with E-state index in [2.05, 4.69) is 5.32 Å². The predicted octanol–water partition coefficient (Wildman–Crippen LogP) is 5.29. The molecule has 0 heterocycles. The zero-order chi connectivity index (χ0) is 19.4. The molecule has 0 aromatic heterocycles. The maximum Gasteiger partial charge on any atom is 0.320 e. The molecule has 3 aromatic carbocycles. The summed E-state index contributed by atoms with van der Waals surface area (Å²) in [5.74, 6) is -0.213. The molecule has 0 saturated carbocycles. The van der Waals surface area contributed by atoms with E-state index in [0.29, 0.717) is 22.3 Å². The van der Waals surface area contributed by atoms with Crippen LogP contribution < -0.4 is 10.1 Å². The highest BCUT2D eigenvalue weighted by Gasteiger charge is 2.14. The fourth-order valence-electron chi connectivity index (χ4n) is 2.77. The summed E-state index contributed by atoms with van der Waals surface area (Å²) in [6, 6.07) is 16.4. The van der Waals surface area contributed by atoms with Crippen LogP contribution in [0.25, 0.3) is 10.8 Å². The van der Waals surface area contributed by atoms with Crippen LogP contribution in [-0.4, -0.2) is 17.1 Å². The molecule has 1 atom stereocenters. The number of carboxylic acids is 1. The zero-order valence-electron chi connectivity index (χ0n) is 14.7. The highest BCUT2D eigenvalue weighted by molar-refractivity contribution is 6.35. The number of carboxylic acid groups (broad SMARTS) is 1. The van der Waals surface area contributed by atoms with Crippen LogP contribution >= 0.6 is 23.2 Å². The maximum atomic E-state index is 11.1. The molecular formula is C21H19Cl2NO3. The number of benzene rings is 3. The van der Waals surface area contributed by atoms with Gasteiger partial charge in [0.05, 0.1) is 0 Å². The second-order valence-corrected chi connectivity index (χ2v) is 7.07. The Morgan fingerprint density at radius 2 is 1.93 bits per heavy atom. The smallest absolute Gasteiger partial charge is 0.320 e. The number of rotatable bonds is 7. The van der Waals surface area contributed by atoms with Crippen molar-refractivity contribution in [1.82, 2.24) is 5.32 Å². The molecule has 0 radical (unpaired) electrons. The van der Waals surface area contributed by atoms with Gasteiger partial charge in [0.2, 0.25) is 0 Å². The third-order valence-electron chi connectivity index (χ3n) is 4.35. The summed E-state index contributed by atoms with van der Waals surface area (Å²) in [5.41, 5.74) is 1.73. The first-order valence-corrected chi connectivity index (χ1v) is 9.25. The van der Waals surface area contributed by atoms with E-state index in [1.54, 1.807) is 19.1 Å². The molecule has 0 fully saturated rings. The van der Waals surface area contributed by atoms with Gasteiger partial charge in [-0.1, -0.05) is 59.6 Å². The van der Waals surface area contributed by atoms with E-state index in [9.17, 15) is 4.79 Å². The van der Waals surface area contributed by atoms with Crippen molar-refractivity contribution in [2.24, 2.45) is 0 Å². The number of carbonyl (C=O) groups is 1. The first-order chi connectivity index (χ1) is 13.0. The molecule has 140 valence electrons. The van der Waals surface area contributed by atoms with Gasteiger partial charge in [-0.25, -0.2) is 0 Å². The van der Waals surface area contributed by atoms with Gasteiger partial charge >= 0.3 is 5.97 Å². The average Bonchev–Trinajstić information content (AvgIpc) is 2.65. The summed E-state index contributed by atoms with van der Waals surface area (Å²) in [7, 11) is 0. The van der Waals surface area contributed by atoms with E-state index in [4.69, 9.17) is 33.0 Å². The minimum atomic E-state index is -0.898. The molecule has 0 aliphatic rings. The Bertz CT molecular complexity index is 975. The van der Waals surface area contributed by atoms with Crippen molar-refractivity contribution in [2.45, 2.75) is 26.1 Å². The number of hydrogen-bond donors (Lipinski definition) is 2. The highest BCUT2D eigenvalue weighted by Crippen LogP contribution is 2.30. The van der Waals surface area contributed by atoms with Gasteiger partial charge < -0.3 is 15.2 Å². The second kappa shape index (κ2) is 8.61. The van der Waals surface area contributed by atoms with Crippen molar-refractivity contribution in [3.8, 4) is 5.75 Å². The summed E-state index contributed by atoms with van der Waals surface area (Å²) >= 11 is 12.2. The molecule has 3 rings (SSSR count). The molecule has 0 aliphatic heterocycles. The number of ether oxygens (including phenoxy) is 1. The topological polar surface area (TPSA) is 58.6 Å². The monoisotopic (exact) mass is 403 g/mol. The van der Waals surface area contributed by atoms with Gasteiger partial charge in [-0.05, 0) is 35.9 Å². The van der Waals surface area contributed by atoms with Gasteiger partial charge in [0.25, 0.3) is 0 Å². The van der Waals surface area contributed by atoms with Crippen molar-refractivity contribution in [2.75, 3.05) is 0 Å². The lowest BCUT2D eigenvalue weighted by molar-refractivity contribution is -0.139. The Labute approximate surface area is 167 Å². The van der Waals surface area contributed by atoms with Gasteiger partial charge in [-0.3, -0.25) is 4.79 Å². The second-order valence-electron chi connectivity index (χ2n) is 6.23. The zero-order valence-corrected chi connectivity index (χ0v) is 16.2. The van der Waals surface area contributed by atoms with Crippen molar-refractivity contribution in [1.29, 1.82) is 0 Å². The fraction of sp³-hybridized carbons (Fsp3) is 0.190. The third kappa shape index (κ3) is 4.72. The maximum absolute atomic E-state index is 11.1. The normalized spacial score (nSPS) is 12.1. The molecule has 0 aliphatic carbocycles. The predicted molar refractivity (Wildman–Crippen MR) is 109 cm³/mol.